The lowest BCUT2D eigenvalue weighted by Crippen LogP contribution is -3.00. The van der Waals surface area contributed by atoms with Gasteiger partial charge >= 0.3 is 0 Å². The van der Waals surface area contributed by atoms with Gasteiger partial charge in [-0.2, -0.15) is 0 Å². The zero-order valence-corrected chi connectivity index (χ0v) is 23.1. The van der Waals surface area contributed by atoms with Crippen LogP contribution in [0.1, 0.15) is 39.2 Å². The predicted octanol–water partition coefficient (Wildman–Crippen LogP) is 1.58. The fraction of sp³-hybridized carbons (Fsp3) is 0.267. The Kier molecular flexibility index (Phi) is 10.5. The van der Waals surface area contributed by atoms with E-state index >= 15 is 0 Å². The van der Waals surface area contributed by atoms with Gasteiger partial charge in [0.1, 0.15) is 24.2 Å². The fourth-order valence-corrected chi connectivity index (χ4v) is 4.25. The number of carbonyl (C=O) groups is 1. The SMILES string of the molecule is Cn1c[n+](C)cc1CCNC(=O)c1ccc(CCCc2ccccc2OCc2ccccc2)cc1.[I-]. The van der Waals surface area contributed by atoms with E-state index in [0.717, 1.165) is 31.4 Å². The average molecular weight is 596 g/mol. The van der Waals surface area contributed by atoms with E-state index < -0.39 is 0 Å². The Balaban J connectivity index is 0.00000361. The maximum absolute atomic E-state index is 12.5. The van der Waals surface area contributed by atoms with Crippen LogP contribution in [0.15, 0.2) is 91.4 Å². The van der Waals surface area contributed by atoms with Gasteiger partial charge in [-0.3, -0.25) is 4.79 Å². The first-order chi connectivity index (χ1) is 17.1. The van der Waals surface area contributed by atoms with Crippen molar-refractivity contribution in [1.29, 1.82) is 0 Å². The van der Waals surface area contributed by atoms with Crippen LogP contribution in [0.3, 0.4) is 0 Å². The van der Waals surface area contributed by atoms with Crippen LogP contribution < -0.4 is 38.6 Å². The molecule has 1 N–H and O–H groups in total. The van der Waals surface area contributed by atoms with Crippen molar-refractivity contribution >= 4 is 5.91 Å². The third-order valence-corrected chi connectivity index (χ3v) is 6.17. The number of hydrogen-bond donors (Lipinski definition) is 1. The topological polar surface area (TPSA) is 47.1 Å². The Bertz CT molecular complexity index is 1240. The second-order valence-corrected chi connectivity index (χ2v) is 8.95. The van der Waals surface area contributed by atoms with E-state index in [4.69, 9.17) is 4.74 Å². The monoisotopic (exact) mass is 595 g/mol. The zero-order valence-electron chi connectivity index (χ0n) is 21.0. The number of rotatable bonds is 11. The number of aryl methyl sites for hydroxylation is 4. The maximum atomic E-state index is 12.5. The second-order valence-electron chi connectivity index (χ2n) is 8.95. The number of nitrogens with zero attached hydrogens (tertiary/aromatic N) is 2. The minimum Gasteiger partial charge on any atom is -1.00 e. The van der Waals surface area contributed by atoms with Crippen molar-refractivity contribution in [2.75, 3.05) is 6.54 Å². The molecular weight excluding hydrogens is 561 g/mol. The number of amides is 1. The van der Waals surface area contributed by atoms with Crippen molar-refractivity contribution in [2.45, 2.75) is 32.3 Å². The molecule has 1 amide bonds. The summed E-state index contributed by atoms with van der Waals surface area (Å²) >= 11 is 0. The summed E-state index contributed by atoms with van der Waals surface area (Å²) in [5.41, 5.74) is 5.52. The molecule has 0 saturated heterocycles. The Morgan fingerprint density at radius 2 is 1.61 bits per heavy atom. The number of carbonyl (C=O) groups excluding carboxylic acids is 1. The largest absolute Gasteiger partial charge is 1.00 e. The number of nitrogens with one attached hydrogen (secondary N) is 1. The van der Waals surface area contributed by atoms with Crippen LogP contribution in [-0.2, 0) is 40.0 Å². The maximum Gasteiger partial charge on any atom is 0.251 e. The fourth-order valence-electron chi connectivity index (χ4n) is 4.25. The minimum atomic E-state index is -0.0281. The van der Waals surface area contributed by atoms with E-state index in [0.29, 0.717) is 18.7 Å². The van der Waals surface area contributed by atoms with Crippen LogP contribution in [0.4, 0.5) is 0 Å². The van der Waals surface area contributed by atoms with Gasteiger partial charge in [0.2, 0.25) is 6.33 Å². The molecule has 0 aliphatic carbocycles. The Morgan fingerprint density at radius 1 is 0.889 bits per heavy atom. The minimum absolute atomic E-state index is 0. The first kappa shape index (κ1) is 27.5. The molecule has 1 heterocycles. The highest BCUT2D eigenvalue weighted by atomic mass is 127. The molecule has 4 rings (SSSR count). The number of benzene rings is 3. The highest BCUT2D eigenvalue weighted by Gasteiger charge is 2.10. The standard InChI is InChI=1S/C30H33N3O2.HI/c1-32-21-28(33(2)23-32)19-20-31-30(34)27-17-15-24(16-18-27)11-8-13-26-12-6-7-14-29(26)35-22-25-9-4-3-5-10-25;/h3-7,9-10,12,14-18,21,23H,8,11,13,19-20,22H2,1-2H3;1H. The predicted molar refractivity (Wildman–Crippen MR) is 138 cm³/mol. The highest BCUT2D eigenvalue weighted by molar-refractivity contribution is 5.94. The smallest absolute Gasteiger partial charge is 0.251 e. The summed E-state index contributed by atoms with van der Waals surface area (Å²) < 4.78 is 10.2. The molecule has 5 nitrogen and oxygen atoms in total. The highest BCUT2D eigenvalue weighted by Crippen LogP contribution is 2.22. The lowest BCUT2D eigenvalue weighted by Gasteiger charge is -2.12. The summed E-state index contributed by atoms with van der Waals surface area (Å²) in [5.74, 6) is 0.923. The van der Waals surface area contributed by atoms with Gasteiger partial charge in [-0.1, -0.05) is 60.7 Å². The van der Waals surface area contributed by atoms with Gasteiger partial charge < -0.3 is 34.0 Å². The number of hydrogen-bond acceptors (Lipinski definition) is 2. The van der Waals surface area contributed by atoms with Gasteiger partial charge in [0.05, 0.1) is 14.1 Å². The Labute approximate surface area is 231 Å². The molecule has 0 unspecified atom stereocenters. The van der Waals surface area contributed by atoms with E-state index in [1.165, 1.54) is 22.4 Å². The number of halogens is 1. The van der Waals surface area contributed by atoms with Crippen LogP contribution in [0.2, 0.25) is 0 Å². The van der Waals surface area contributed by atoms with Crippen LogP contribution in [-0.4, -0.2) is 17.0 Å². The van der Waals surface area contributed by atoms with E-state index in [2.05, 4.69) is 52.5 Å². The van der Waals surface area contributed by atoms with E-state index in [1.807, 2.05) is 67.5 Å². The third-order valence-electron chi connectivity index (χ3n) is 6.17. The summed E-state index contributed by atoms with van der Waals surface area (Å²) in [4.78, 5) is 12.5. The number of para-hydroxylation sites is 1. The van der Waals surface area contributed by atoms with Gasteiger partial charge in [0.25, 0.3) is 5.91 Å². The summed E-state index contributed by atoms with van der Waals surface area (Å²) in [6.45, 7) is 1.19. The number of aromatic nitrogens is 2. The third kappa shape index (κ3) is 7.95. The second kappa shape index (κ2) is 13.8. The number of imidazole rings is 1. The summed E-state index contributed by atoms with van der Waals surface area (Å²) in [6, 6.07) is 26.5. The first-order valence-electron chi connectivity index (χ1n) is 12.2. The lowest BCUT2D eigenvalue weighted by molar-refractivity contribution is -0.671. The quantitative estimate of drug-likeness (QED) is 0.212. The lowest BCUT2D eigenvalue weighted by atomic mass is 10.0. The molecule has 0 atom stereocenters. The van der Waals surface area contributed by atoms with Crippen LogP contribution in [0, 0.1) is 0 Å². The van der Waals surface area contributed by atoms with E-state index in [9.17, 15) is 4.79 Å². The van der Waals surface area contributed by atoms with Crippen LogP contribution in [0.25, 0.3) is 0 Å². The van der Waals surface area contributed by atoms with Crippen LogP contribution in [0.5, 0.6) is 5.75 Å². The molecule has 6 heteroatoms. The van der Waals surface area contributed by atoms with Gasteiger partial charge in [-0.25, -0.2) is 9.13 Å². The molecule has 4 aromatic rings. The molecule has 0 aliphatic heterocycles. The molecule has 0 aliphatic rings. The molecule has 0 saturated carbocycles. The Morgan fingerprint density at radius 3 is 2.33 bits per heavy atom. The van der Waals surface area contributed by atoms with E-state index in [1.54, 1.807) is 0 Å². The van der Waals surface area contributed by atoms with Crippen LogP contribution >= 0.6 is 0 Å². The Hall–Kier alpha value is -3.13. The summed E-state index contributed by atoms with van der Waals surface area (Å²) in [7, 11) is 4.02. The molecule has 36 heavy (non-hydrogen) atoms. The molecule has 0 bridgehead atoms. The van der Waals surface area contributed by atoms with Crippen molar-refractivity contribution in [3.05, 3.63) is 119 Å². The summed E-state index contributed by atoms with van der Waals surface area (Å²) in [6.07, 6.45) is 7.83. The number of ether oxygens (including phenoxy) is 1. The van der Waals surface area contributed by atoms with Crippen molar-refractivity contribution in [2.24, 2.45) is 14.1 Å². The van der Waals surface area contributed by atoms with E-state index in [-0.39, 0.29) is 29.9 Å². The normalized spacial score (nSPS) is 10.5. The molecule has 0 radical (unpaired) electrons. The molecular formula is C30H34IN3O2. The molecule has 188 valence electrons. The van der Waals surface area contributed by atoms with Gasteiger partial charge in [-0.15, -0.1) is 0 Å². The average Bonchev–Trinajstić information content (AvgIpc) is 3.21. The zero-order chi connectivity index (χ0) is 24.5. The molecule has 3 aromatic carbocycles. The van der Waals surface area contributed by atoms with Gasteiger partial charge in [0.15, 0.2) is 0 Å². The molecule has 0 fully saturated rings. The molecule has 1 aromatic heterocycles. The van der Waals surface area contributed by atoms with Gasteiger partial charge in [-0.05, 0) is 54.2 Å². The van der Waals surface area contributed by atoms with Crippen molar-refractivity contribution < 1.29 is 38.1 Å². The van der Waals surface area contributed by atoms with Gasteiger partial charge in [0, 0.05) is 18.5 Å². The van der Waals surface area contributed by atoms with Crippen molar-refractivity contribution in [1.82, 2.24) is 9.88 Å². The first-order valence-corrected chi connectivity index (χ1v) is 12.2. The van der Waals surface area contributed by atoms with Crippen molar-refractivity contribution in [3.63, 3.8) is 0 Å². The van der Waals surface area contributed by atoms with Crippen molar-refractivity contribution in [3.8, 4) is 5.75 Å². The summed E-state index contributed by atoms with van der Waals surface area (Å²) in [5, 5.41) is 3.02. The molecule has 0 spiro atoms.